The summed E-state index contributed by atoms with van der Waals surface area (Å²) in [6, 6.07) is 8.48. The highest BCUT2D eigenvalue weighted by Crippen LogP contribution is 2.11. The Morgan fingerprint density at radius 2 is 2.00 bits per heavy atom. The zero-order valence-electron chi connectivity index (χ0n) is 8.65. The summed E-state index contributed by atoms with van der Waals surface area (Å²) in [5, 5.41) is 11.1. The molecule has 0 heterocycles. The molecule has 1 amide bonds. The van der Waals surface area contributed by atoms with Gasteiger partial charge in [0.25, 0.3) is 0 Å². The number of allylic oxidation sites excluding steroid dienone is 1. The van der Waals surface area contributed by atoms with Crippen molar-refractivity contribution >= 4 is 24.0 Å². The molecule has 0 unspecified atom stereocenters. The number of rotatable bonds is 3. The summed E-state index contributed by atoms with van der Waals surface area (Å²) in [5.74, 6) is -0.151. The van der Waals surface area contributed by atoms with Crippen LogP contribution in [0.15, 0.2) is 29.8 Å². The number of carbonyl (C=O) groups is 1. The van der Waals surface area contributed by atoms with Gasteiger partial charge in [-0.25, -0.2) is 0 Å². The first-order valence-corrected chi connectivity index (χ1v) is 4.53. The lowest BCUT2D eigenvalue weighted by Crippen LogP contribution is -2.05. The van der Waals surface area contributed by atoms with Crippen LogP contribution in [0, 0.1) is 11.3 Å². The second kappa shape index (κ2) is 5.47. The van der Waals surface area contributed by atoms with Crippen molar-refractivity contribution in [1.29, 1.82) is 5.26 Å². The summed E-state index contributed by atoms with van der Waals surface area (Å²) in [6.45, 7) is 1.42. The Bertz CT molecular complexity index is 467. The number of nitrogens with zero attached hydrogens (tertiary/aromatic N) is 1. The maximum Gasteiger partial charge on any atom is 0.244 e. The molecule has 1 aromatic rings. The zero-order chi connectivity index (χ0) is 12.0. The van der Waals surface area contributed by atoms with E-state index < -0.39 is 0 Å². The lowest BCUT2D eigenvalue weighted by molar-refractivity contribution is -0.114. The number of nitrogens with one attached hydrogen (secondary N) is 1. The van der Waals surface area contributed by atoms with Crippen molar-refractivity contribution in [2.75, 3.05) is 5.32 Å². The summed E-state index contributed by atoms with van der Waals surface area (Å²) in [5.41, 5.74) is 1.31. The van der Waals surface area contributed by atoms with Gasteiger partial charge in [0.05, 0.1) is 0 Å². The monoisotopic (exact) mass is 213 g/mol. The van der Waals surface area contributed by atoms with Crippen LogP contribution in [0.5, 0.6) is 0 Å². The number of hydrogen-bond donors (Lipinski definition) is 1. The lowest BCUT2D eigenvalue weighted by Gasteiger charge is -2.01. The summed E-state index contributed by atoms with van der Waals surface area (Å²) in [7, 11) is 0. The van der Waals surface area contributed by atoms with Crippen LogP contribution in [0.2, 0.25) is 0 Å². The highest BCUT2D eigenvalue weighted by Gasteiger charge is 1.97. The summed E-state index contributed by atoms with van der Waals surface area (Å²) in [6.07, 6.45) is 2.95. The van der Waals surface area contributed by atoms with E-state index in [9.17, 15) is 9.59 Å². The van der Waals surface area contributed by atoms with E-state index in [-0.39, 0.29) is 11.5 Å². The predicted molar refractivity (Wildman–Crippen MR) is 60.0 cm³/mol. The zero-order valence-corrected chi connectivity index (χ0v) is 8.65. The fourth-order valence-corrected chi connectivity index (χ4v) is 1.12. The SMILES string of the molecule is CC(=O)Nc1ccc(C=C([C]=O)C#N)cc1. The quantitative estimate of drug-likeness (QED) is 0.613. The average molecular weight is 213 g/mol. The highest BCUT2D eigenvalue weighted by atomic mass is 16.1. The third kappa shape index (κ3) is 3.39. The van der Waals surface area contributed by atoms with Gasteiger partial charge in [-0.1, -0.05) is 12.1 Å². The Kier molecular flexibility index (Phi) is 3.98. The van der Waals surface area contributed by atoms with E-state index in [1.807, 2.05) is 0 Å². The Labute approximate surface area is 93.2 Å². The minimum absolute atomic E-state index is 0.0627. The van der Waals surface area contributed by atoms with Gasteiger partial charge in [0.1, 0.15) is 11.6 Å². The molecule has 0 aliphatic carbocycles. The topological polar surface area (TPSA) is 70.0 Å². The van der Waals surface area contributed by atoms with Gasteiger partial charge in [0.2, 0.25) is 12.2 Å². The van der Waals surface area contributed by atoms with E-state index in [0.717, 1.165) is 0 Å². The summed E-state index contributed by atoms with van der Waals surface area (Å²) >= 11 is 0. The molecular formula is C12H9N2O2. The number of hydrogen-bond acceptors (Lipinski definition) is 3. The molecule has 0 bridgehead atoms. The number of benzene rings is 1. The predicted octanol–water partition coefficient (Wildman–Crippen LogP) is 1.66. The number of carbonyl (C=O) groups excluding carboxylic acids is 2. The van der Waals surface area contributed by atoms with Crippen molar-refractivity contribution in [3.05, 3.63) is 35.4 Å². The minimum atomic E-state index is -0.151. The highest BCUT2D eigenvalue weighted by molar-refractivity contribution is 5.89. The van der Waals surface area contributed by atoms with Gasteiger partial charge in [-0.2, -0.15) is 5.26 Å². The number of nitriles is 1. The van der Waals surface area contributed by atoms with E-state index in [4.69, 9.17) is 5.26 Å². The number of amides is 1. The molecular weight excluding hydrogens is 204 g/mol. The van der Waals surface area contributed by atoms with Crippen LogP contribution in [-0.4, -0.2) is 12.2 Å². The molecule has 79 valence electrons. The average Bonchev–Trinajstić information content (AvgIpc) is 2.27. The van der Waals surface area contributed by atoms with Crippen LogP contribution in [0.1, 0.15) is 12.5 Å². The molecule has 0 aliphatic rings. The molecule has 0 aromatic heterocycles. The Hall–Kier alpha value is -2.41. The summed E-state index contributed by atoms with van der Waals surface area (Å²) < 4.78 is 0. The van der Waals surface area contributed by atoms with Crippen LogP contribution < -0.4 is 5.32 Å². The molecule has 0 fully saturated rings. The normalized spacial score (nSPS) is 10.4. The van der Waals surface area contributed by atoms with Crippen molar-refractivity contribution in [3.63, 3.8) is 0 Å². The van der Waals surface area contributed by atoms with E-state index in [2.05, 4.69) is 5.32 Å². The molecule has 1 aromatic carbocycles. The third-order valence-corrected chi connectivity index (χ3v) is 1.77. The molecule has 4 heteroatoms. The standard InChI is InChI=1S/C12H9N2O2/c1-9(16)14-12-4-2-10(3-5-12)6-11(7-13)8-15/h2-6H,1H3,(H,14,16). The van der Waals surface area contributed by atoms with Crippen molar-refractivity contribution in [2.24, 2.45) is 0 Å². The van der Waals surface area contributed by atoms with Crippen LogP contribution in [-0.2, 0) is 9.59 Å². The van der Waals surface area contributed by atoms with Crippen LogP contribution in [0.4, 0.5) is 5.69 Å². The first kappa shape index (κ1) is 11.7. The van der Waals surface area contributed by atoms with Crippen molar-refractivity contribution in [2.45, 2.75) is 6.92 Å². The Morgan fingerprint density at radius 3 is 2.44 bits per heavy atom. The Morgan fingerprint density at radius 1 is 1.38 bits per heavy atom. The molecule has 0 atom stereocenters. The van der Waals surface area contributed by atoms with Gasteiger partial charge in [-0.15, -0.1) is 0 Å². The van der Waals surface area contributed by atoms with Crippen LogP contribution in [0.3, 0.4) is 0 Å². The molecule has 0 aliphatic heterocycles. The van der Waals surface area contributed by atoms with Crippen LogP contribution in [0.25, 0.3) is 6.08 Å². The molecule has 1 radical (unpaired) electrons. The fraction of sp³-hybridized carbons (Fsp3) is 0.0833. The number of anilines is 1. The van der Waals surface area contributed by atoms with E-state index in [1.54, 1.807) is 30.3 Å². The van der Waals surface area contributed by atoms with E-state index in [0.29, 0.717) is 11.3 Å². The van der Waals surface area contributed by atoms with Crippen molar-refractivity contribution in [1.82, 2.24) is 0 Å². The third-order valence-electron chi connectivity index (χ3n) is 1.77. The second-order valence-electron chi connectivity index (χ2n) is 3.08. The van der Waals surface area contributed by atoms with Gasteiger partial charge >= 0.3 is 0 Å². The molecule has 0 saturated heterocycles. The van der Waals surface area contributed by atoms with Gasteiger partial charge in [-0.05, 0) is 23.8 Å². The van der Waals surface area contributed by atoms with Gasteiger partial charge < -0.3 is 5.32 Å². The molecule has 16 heavy (non-hydrogen) atoms. The van der Waals surface area contributed by atoms with E-state index >= 15 is 0 Å². The molecule has 1 rings (SSSR count). The largest absolute Gasteiger partial charge is 0.326 e. The maximum absolute atomic E-state index is 10.8. The lowest BCUT2D eigenvalue weighted by atomic mass is 10.1. The fourth-order valence-electron chi connectivity index (χ4n) is 1.12. The van der Waals surface area contributed by atoms with E-state index in [1.165, 1.54) is 19.3 Å². The second-order valence-corrected chi connectivity index (χ2v) is 3.08. The molecule has 0 spiro atoms. The Balaban J connectivity index is 2.87. The summed E-state index contributed by atoms with van der Waals surface area (Å²) in [4.78, 5) is 21.0. The van der Waals surface area contributed by atoms with Crippen LogP contribution >= 0.6 is 0 Å². The molecule has 0 saturated carbocycles. The maximum atomic E-state index is 10.8. The molecule has 4 nitrogen and oxygen atoms in total. The van der Waals surface area contributed by atoms with Crippen molar-refractivity contribution in [3.8, 4) is 6.07 Å². The first-order chi connectivity index (χ1) is 7.65. The van der Waals surface area contributed by atoms with Gasteiger partial charge in [-0.3, -0.25) is 9.59 Å². The van der Waals surface area contributed by atoms with Crippen molar-refractivity contribution < 1.29 is 9.59 Å². The van der Waals surface area contributed by atoms with Gasteiger partial charge in [0.15, 0.2) is 0 Å². The first-order valence-electron chi connectivity index (χ1n) is 4.53. The van der Waals surface area contributed by atoms with Gasteiger partial charge in [0, 0.05) is 12.6 Å². The molecule has 1 N–H and O–H groups in total. The minimum Gasteiger partial charge on any atom is -0.326 e. The smallest absolute Gasteiger partial charge is 0.244 e.